The van der Waals surface area contributed by atoms with Crippen molar-refractivity contribution in [3.05, 3.63) is 0 Å². The molecule has 0 aromatic rings. The van der Waals surface area contributed by atoms with Crippen LogP contribution < -0.4 is 0 Å². The molecule has 1 rings (SSSR count). The second kappa shape index (κ2) is 5.59. The van der Waals surface area contributed by atoms with Crippen molar-refractivity contribution in [2.75, 3.05) is 19.6 Å². The fourth-order valence-electron chi connectivity index (χ4n) is 2.24. The Morgan fingerprint density at radius 2 is 2.06 bits per heavy atom. The molecule has 1 fully saturated rings. The number of nitrogens with zero attached hydrogens (tertiary/aromatic N) is 2. The molecule has 0 aliphatic carbocycles. The number of amides is 2. The number of carbonyl (C=O) groups is 2. The van der Waals surface area contributed by atoms with Crippen molar-refractivity contribution in [2.45, 2.75) is 46.6 Å². The molecule has 1 heterocycles. The number of carboxylic acids is 1. The summed E-state index contributed by atoms with van der Waals surface area (Å²) in [6, 6.07) is -0.186. The lowest BCUT2D eigenvalue weighted by Crippen LogP contribution is -2.48. The highest BCUT2D eigenvalue weighted by molar-refractivity contribution is 5.80. The van der Waals surface area contributed by atoms with E-state index in [4.69, 9.17) is 5.11 Å². The maximum Gasteiger partial charge on any atom is 0.323 e. The zero-order valence-corrected chi connectivity index (χ0v) is 11.8. The Balaban J connectivity index is 2.73. The van der Waals surface area contributed by atoms with E-state index >= 15 is 0 Å². The third kappa shape index (κ3) is 3.62. The minimum absolute atomic E-state index is 0.0442. The molecular formula is C13H24N2O3. The van der Waals surface area contributed by atoms with Crippen LogP contribution in [-0.4, -0.2) is 52.6 Å². The van der Waals surface area contributed by atoms with Gasteiger partial charge in [0, 0.05) is 19.1 Å². The number of rotatable bonds is 4. The zero-order chi connectivity index (χ0) is 13.9. The van der Waals surface area contributed by atoms with E-state index in [1.807, 2.05) is 13.8 Å². The summed E-state index contributed by atoms with van der Waals surface area (Å²) in [6.07, 6.45) is 1.73. The maximum absolute atomic E-state index is 12.4. The number of likely N-dealkylation sites (tertiary alicyclic amines) is 1. The van der Waals surface area contributed by atoms with E-state index in [2.05, 4.69) is 13.8 Å². The molecule has 0 aromatic carbocycles. The molecule has 1 aliphatic rings. The van der Waals surface area contributed by atoms with Gasteiger partial charge in [0.15, 0.2) is 0 Å². The van der Waals surface area contributed by atoms with Gasteiger partial charge in [-0.3, -0.25) is 4.79 Å². The van der Waals surface area contributed by atoms with Crippen LogP contribution >= 0.6 is 0 Å². The molecule has 0 saturated carbocycles. The molecule has 1 unspecified atom stereocenters. The van der Waals surface area contributed by atoms with Gasteiger partial charge in [-0.15, -0.1) is 0 Å². The highest BCUT2D eigenvalue weighted by Crippen LogP contribution is 2.29. The van der Waals surface area contributed by atoms with E-state index in [9.17, 15) is 9.59 Å². The summed E-state index contributed by atoms with van der Waals surface area (Å²) >= 11 is 0. The van der Waals surface area contributed by atoms with E-state index < -0.39 is 5.97 Å². The van der Waals surface area contributed by atoms with Crippen LogP contribution in [0.2, 0.25) is 0 Å². The van der Waals surface area contributed by atoms with Gasteiger partial charge in [-0.2, -0.15) is 0 Å². The van der Waals surface area contributed by atoms with Crippen LogP contribution in [0.5, 0.6) is 0 Å². The molecule has 1 N–H and O–H groups in total. The molecular weight excluding hydrogens is 232 g/mol. The molecule has 1 saturated heterocycles. The molecule has 1 aliphatic heterocycles. The van der Waals surface area contributed by atoms with Crippen LogP contribution in [0.3, 0.4) is 0 Å². The molecule has 5 heteroatoms. The minimum Gasteiger partial charge on any atom is -0.480 e. The zero-order valence-electron chi connectivity index (χ0n) is 11.8. The highest BCUT2D eigenvalue weighted by atomic mass is 16.4. The van der Waals surface area contributed by atoms with Gasteiger partial charge < -0.3 is 14.9 Å². The third-order valence-electron chi connectivity index (χ3n) is 3.62. The number of carbonyl (C=O) groups excluding carboxylic acids is 1. The largest absolute Gasteiger partial charge is 0.480 e. The summed E-state index contributed by atoms with van der Waals surface area (Å²) in [4.78, 5) is 26.5. The predicted molar refractivity (Wildman–Crippen MR) is 69.5 cm³/mol. The van der Waals surface area contributed by atoms with E-state index in [0.29, 0.717) is 6.54 Å². The lowest BCUT2D eigenvalue weighted by atomic mass is 9.93. The first-order valence-electron chi connectivity index (χ1n) is 6.54. The molecule has 0 bridgehead atoms. The minimum atomic E-state index is -0.956. The Bertz CT molecular complexity index is 328. The van der Waals surface area contributed by atoms with Gasteiger partial charge in [-0.05, 0) is 25.2 Å². The van der Waals surface area contributed by atoms with Gasteiger partial charge in [0.05, 0.1) is 0 Å². The standard InChI is InChI=1S/C13H24N2O3/c1-5-10(2)15(8-11(16)17)12(18)14-7-6-13(3,4)9-14/h10H,5-9H2,1-4H3,(H,16,17). The fraction of sp³-hybridized carbons (Fsp3) is 0.846. The topological polar surface area (TPSA) is 60.9 Å². The van der Waals surface area contributed by atoms with Crippen molar-refractivity contribution in [2.24, 2.45) is 5.41 Å². The van der Waals surface area contributed by atoms with Crippen molar-refractivity contribution in [3.8, 4) is 0 Å². The summed E-state index contributed by atoms with van der Waals surface area (Å²) in [5.74, 6) is -0.956. The first kappa shape index (κ1) is 14.8. The maximum atomic E-state index is 12.4. The summed E-state index contributed by atoms with van der Waals surface area (Å²) in [5, 5.41) is 8.91. The van der Waals surface area contributed by atoms with Gasteiger partial charge in [0.2, 0.25) is 0 Å². The lowest BCUT2D eigenvalue weighted by Gasteiger charge is -2.31. The Morgan fingerprint density at radius 3 is 2.44 bits per heavy atom. The molecule has 1 atom stereocenters. The van der Waals surface area contributed by atoms with Crippen LogP contribution in [0.1, 0.15) is 40.5 Å². The second-order valence-corrected chi connectivity index (χ2v) is 5.90. The van der Waals surface area contributed by atoms with Crippen LogP contribution in [0.25, 0.3) is 0 Å². The van der Waals surface area contributed by atoms with E-state index in [1.54, 1.807) is 4.90 Å². The monoisotopic (exact) mass is 256 g/mol. The first-order valence-corrected chi connectivity index (χ1v) is 6.54. The van der Waals surface area contributed by atoms with Crippen molar-refractivity contribution in [3.63, 3.8) is 0 Å². The Hall–Kier alpha value is -1.26. The number of hydrogen-bond acceptors (Lipinski definition) is 2. The van der Waals surface area contributed by atoms with E-state index in [1.165, 1.54) is 4.90 Å². The number of aliphatic carboxylic acids is 1. The van der Waals surface area contributed by atoms with Crippen molar-refractivity contribution in [1.29, 1.82) is 0 Å². The smallest absolute Gasteiger partial charge is 0.323 e. The van der Waals surface area contributed by atoms with Gasteiger partial charge in [-0.25, -0.2) is 4.79 Å². The van der Waals surface area contributed by atoms with E-state index in [0.717, 1.165) is 19.4 Å². The molecule has 2 amide bonds. The third-order valence-corrected chi connectivity index (χ3v) is 3.62. The predicted octanol–water partition coefficient (Wildman–Crippen LogP) is 2.02. The summed E-state index contributed by atoms with van der Waals surface area (Å²) in [5.41, 5.74) is 0.139. The summed E-state index contributed by atoms with van der Waals surface area (Å²) in [6.45, 7) is 9.32. The van der Waals surface area contributed by atoms with Crippen molar-refractivity contribution >= 4 is 12.0 Å². The Kier molecular flexibility index (Phi) is 4.59. The molecule has 5 nitrogen and oxygen atoms in total. The highest BCUT2D eigenvalue weighted by Gasteiger charge is 2.35. The van der Waals surface area contributed by atoms with Gasteiger partial charge in [0.1, 0.15) is 6.54 Å². The average Bonchev–Trinajstić information content (AvgIpc) is 2.64. The first-order chi connectivity index (χ1) is 8.26. The summed E-state index contributed by atoms with van der Waals surface area (Å²) in [7, 11) is 0. The van der Waals surface area contributed by atoms with Crippen LogP contribution in [-0.2, 0) is 4.79 Å². The molecule has 0 aromatic heterocycles. The number of carboxylic acid groups (broad SMARTS) is 1. The van der Waals surface area contributed by atoms with E-state index in [-0.39, 0.29) is 24.0 Å². The van der Waals surface area contributed by atoms with Crippen LogP contribution in [0.15, 0.2) is 0 Å². The summed E-state index contributed by atoms with van der Waals surface area (Å²) < 4.78 is 0. The molecule has 0 spiro atoms. The van der Waals surface area contributed by atoms with Gasteiger partial charge in [-0.1, -0.05) is 20.8 Å². The quantitative estimate of drug-likeness (QED) is 0.837. The van der Waals surface area contributed by atoms with Gasteiger partial charge in [0.25, 0.3) is 0 Å². The molecule has 0 radical (unpaired) electrons. The van der Waals surface area contributed by atoms with Gasteiger partial charge >= 0.3 is 12.0 Å². The normalized spacial score (nSPS) is 19.7. The average molecular weight is 256 g/mol. The van der Waals surface area contributed by atoms with Crippen LogP contribution in [0, 0.1) is 5.41 Å². The second-order valence-electron chi connectivity index (χ2n) is 5.90. The number of hydrogen-bond donors (Lipinski definition) is 1. The SMILES string of the molecule is CCC(C)N(CC(=O)O)C(=O)N1CCC(C)(C)C1. The van der Waals surface area contributed by atoms with Crippen molar-refractivity contribution < 1.29 is 14.7 Å². The van der Waals surface area contributed by atoms with Crippen LogP contribution in [0.4, 0.5) is 4.79 Å². The fourth-order valence-corrected chi connectivity index (χ4v) is 2.24. The number of urea groups is 1. The molecule has 18 heavy (non-hydrogen) atoms. The van der Waals surface area contributed by atoms with Crippen molar-refractivity contribution in [1.82, 2.24) is 9.80 Å². The Labute approximate surface area is 109 Å². The lowest BCUT2D eigenvalue weighted by molar-refractivity contribution is -0.138. The Morgan fingerprint density at radius 1 is 1.44 bits per heavy atom. The molecule has 104 valence electrons.